The van der Waals surface area contributed by atoms with E-state index in [2.05, 4.69) is 0 Å². The molecule has 0 aromatic heterocycles. The summed E-state index contributed by atoms with van der Waals surface area (Å²) in [5, 5.41) is 0. The molecule has 89 valence electrons. The predicted molar refractivity (Wildman–Crippen MR) is 58.3 cm³/mol. The quantitative estimate of drug-likeness (QED) is 0.716. The second kappa shape index (κ2) is 4.65. The van der Waals surface area contributed by atoms with Gasteiger partial charge in [-0.3, -0.25) is 0 Å². The molecule has 1 aromatic rings. The molecular weight excluding hydrogens is 229 g/mol. The second-order valence-corrected chi connectivity index (χ2v) is 3.55. The third-order valence-electron chi connectivity index (χ3n) is 2.53. The minimum Gasteiger partial charge on any atom is -0.500 e. The van der Waals surface area contributed by atoms with Crippen LogP contribution in [0.5, 0.6) is 0 Å². The van der Waals surface area contributed by atoms with E-state index in [-0.39, 0.29) is 5.56 Å². The molecule has 0 atom stereocenters. The molecule has 0 fully saturated rings. The Morgan fingerprint density at radius 3 is 2.59 bits per heavy atom. The van der Waals surface area contributed by atoms with Crippen LogP contribution in [0.15, 0.2) is 30.0 Å². The van der Waals surface area contributed by atoms with Crippen LogP contribution in [-0.2, 0) is 4.74 Å². The van der Waals surface area contributed by atoms with Crippen LogP contribution in [0.3, 0.4) is 0 Å². The van der Waals surface area contributed by atoms with Gasteiger partial charge in [0.1, 0.15) is 5.76 Å². The Labute approximate surface area is 97.2 Å². The minimum atomic E-state index is -1.47. The van der Waals surface area contributed by atoms with Crippen molar-refractivity contribution in [3.8, 4) is 0 Å². The Balaban J connectivity index is 2.57. The smallest absolute Gasteiger partial charge is 0.195 e. The van der Waals surface area contributed by atoms with Crippen LogP contribution in [0, 0.1) is 23.9 Å². The van der Waals surface area contributed by atoms with Crippen LogP contribution in [0.25, 0.3) is 5.57 Å². The largest absolute Gasteiger partial charge is 0.500 e. The number of allylic oxidation sites excluding steroid dienone is 4. The summed E-state index contributed by atoms with van der Waals surface area (Å²) in [5.41, 5.74) is 0.406. The Morgan fingerprint density at radius 1 is 1.12 bits per heavy atom. The van der Waals surface area contributed by atoms with E-state index in [1.807, 2.05) is 0 Å². The fraction of sp³-hybridized carbons (Fsp3) is 0.154. The molecular formula is C13H10F3O. The standard InChI is InChI=1S/C13H10F3O/c1-17-11-5-3-2-4-8(11)9-6-7-10(14)13(16)12(9)15/h2,4-7H,3H2,1H3. The van der Waals surface area contributed by atoms with Crippen LogP contribution in [0.1, 0.15) is 12.0 Å². The van der Waals surface area contributed by atoms with Crippen molar-refractivity contribution in [2.75, 3.05) is 7.11 Å². The first kappa shape index (κ1) is 11.8. The highest BCUT2D eigenvalue weighted by Crippen LogP contribution is 2.30. The number of hydrogen-bond donors (Lipinski definition) is 0. The molecule has 0 aliphatic heterocycles. The molecule has 1 aromatic carbocycles. The first-order valence-electron chi connectivity index (χ1n) is 5.07. The van der Waals surface area contributed by atoms with Gasteiger partial charge in [0.2, 0.25) is 0 Å². The van der Waals surface area contributed by atoms with E-state index in [0.29, 0.717) is 17.8 Å². The van der Waals surface area contributed by atoms with Gasteiger partial charge < -0.3 is 4.74 Å². The molecule has 0 unspecified atom stereocenters. The average molecular weight is 239 g/mol. The molecule has 2 rings (SSSR count). The highest BCUT2D eigenvalue weighted by Gasteiger charge is 2.19. The van der Waals surface area contributed by atoms with Gasteiger partial charge in [0.05, 0.1) is 7.11 Å². The summed E-state index contributed by atoms with van der Waals surface area (Å²) < 4.78 is 44.6. The van der Waals surface area contributed by atoms with Crippen molar-refractivity contribution in [3.63, 3.8) is 0 Å². The molecule has 1 aliphatic rings. The van der Waals surface area contributed by atoms with E-state index in [4.69, 9.17) is 4.74 Å². The lowest BCUT2D eigenvalue weighted by Gasteiger charge is -2.15. The van der Waals surface area contributed by atoms with Gasteiger partial charge >= 0.3 is 0 Å². The average Bonchev–Trinajstić information content (AvgIpc) is 2.36. The first-order valence-corrected chi connectivity index (χ1v) is 5.07. The van der Waals surface area contributed by atoms with E-state index in [1.54, 1.807) is 18.6 Å². The predicted octanol–water partition coefficient (Wildman–Crippen LogP) is 3.63. The van der Waals surface area contributed by atoms with E-state index in [1.165, 1.54) is 13.2 Å². The Kier molecular flexibility index (Phi) is 3.22. The van der Waals surface area contributed by atoms with Gasteiger partial charge in [-0.2, -0.15) is 0 Å². The number of hydrogen-bond acceptors (Lipinski definition) is 1. The van der Waals surface area contributed by atoms with Crippen LogP contribution >= 0.6 is 0 Å². The van der Waals surface area contributed by atoms with Gasteiger partial charge in [0.15, 0.2) is 17.5 Å². The molecule has 0 spiro atoms. The monoisotopic (exact) mass is 239 g/mol. The zero-order chi connectivity index (χ0) is 12.4. The summed E-state index contributed by atoms with van der Waals surface area (Å²) in [6, 6.07) is 2.10. The highest BCUT2D eigenvalue weighted by molar-refractivity contribution is 5.78. The summed E-state index contributed by atoms with van der Waals surface area (Å²) >= 11 is 0. The minimum absolute atomic E-state index is 0.00653. The van der Waals surface area contributed by atoms with E-state index >= 15 is 0 Å². The summed E-state index contributed by atoms with van der Waals surface area (Å²) in [5.74, 6) is -3.41. The van der Waals surface area contributed by atoms with E-state index in [0.717, 1.165) is 6.07 Å². The van der Waals surface area contributed by atoms with Crippen LogP contribution in [-0.4, -0.2) is 7.11 Å². The SMILES string of the molecule is COC1=C(c2ccc(F)c(F)c2F)C=CC[CH]1. The van der Waals surface area contributed by atoms with Gasteiger partial charge in [-0.25, -0.2) is 13.2 Å². The lowest BCUT2D eigenvalue weighted by molar-refractivity contribution is 0.299. The fourth-order valence-electron chi connectivity index (χ4n) is 1.70. The molecule has 1 radical (unpaired) electrons. The first-order chi connectivity index (χ1) is 8.15. The molecule has 17 heavy (non-hydrogen) atoms. The maximum atomic E-state index is 13.6. The molecule has 0 saturated heterocycles. The summed E-state index contributed by atoms with van der Waals surface area (Å²) in [6.07, 6.45) is 5.83. The molecule has 0 saturated carbocycles. The molecule has 0 amide bonds. The maximum Gasteiger partial charge on any atom is 0.195 e. The number of rotatable bonds is 2. The molecule has 1 aliphatic carbocycles. The van der Waals surface area contributed by atoms with Crippen molar-refractivity contribution < 1.29 is 17.9 Å². The van der Waals surface area contributed by atoms with Gasteiger partial charge in [0.25, 0.3) is 0 Å². The number of halogens is 3. The molecule has 4 heteroatoms. The van der Waals surface area contributed by atoms with Crippen LogP contribution in [0.4, 0.5) is 13.2 Å². The van der Waals surface area contributed by atoms with E-state index in [9.17, 15) is 13.2 Å². The zero-order valence-electron chi connectivity index (χ0n) is 9.14. The third-order valence-corrected chi connectivity index (χ3v) is 2.53. The topological polar surface area (TPSA) is 9.23 Å². The van der Waals surface area contributed by atoms with Gasteiger partial charge in [-0.1, -0.05) is 12.2 Å². The number of ether oxygens (including phenoxy) is 1. The second-order valence-electron chi connectivity index (χ2n) is 3.55. The van der Waals surface area contributed by atoms with E-state index < -0.39 is 17.5 Å². The molecule has 0 heterocycles. The molecule has 1 nitrogen and oxygen atoms in total. The summed E-state index contributed by atoms with van der Waals surface area (Å²) in [4.78, 5) is 0. The number of benzene rings is 1. The molecule has 0 bridgehead atoms. The van der Waals surface area contributed by atoms with Crippen molar-refractivity contribution in [1.82, 2.24) is 0 Å². The van der Waals surface area contributed by atoms with Crippen LogP contribution < -0.4 is 0 Å². The van der Waals surface area contributed by atoms with Crippen molar-refractivity contribution in [3.05, 3.63) is 59.5 Å². The van der Waals surface area contributed by atoms with Crippen LogP contribution in [0.2, 0.25) is 0 Å². The lowest BCUT2D eigenvalue weighted by atomic mass is 9.97. The third kappa shape index (κ3) is 2.07. The fourth-order valence-corrected chi connectivity index (χ4v) is 1.70. The Bertz CT molecular complexity index is 504. The van der Waals surface area contributed by atoms with Crippen molar-refractivity contribution >= 4 is 5.57 Å². The highest BCUT2D eigenvalue weighted by atomic mass is 19.2. The van der Waals surface area contributed by atoms with Gasteiger partial charge in [-0.05, 0) is 18.6 Å². The molecule has 0 N–H and O–H groups in total. The van der Waals surface area contributed by atoms with Crippen molar-refractivity contribution in [2.24, 2.45) is 0 Å². The van der Waals surface area contributed by atoms with Crippen molar-refractivity contribution in [2.45, 2.75) is 6.42 Å². The Morgan fingerprint density at radius 2 is 1.88 bits per heavy atom. The maximum absolute atomic E-state index is 13.6. The normalized spacial score (nSPS) is 15.3. The zero-order valence-corrected chi connectivity index (χ0v) is 9.14. The summed E-state index contributed by atoms with van der Waals surface area (Å²) in [6.45, 7) is 0. The van der Waals surface area contributed by atoms with Gasteiger partial charge in [-0.15, -0.1) is 0 Å². The summed E-state index contributed by atoms with van der Waals surface area (Å²) in [7, 11) is 1.45. The lowest BCUT2D eigenvalue weighted by Crippen LogP contribution is -2.02. The van der Waals surface area contributed by atoms with Gasteiger partial charge in [0, 0.05) is 17.6 Å². The van der Waals surface area contributed by atoms with Crippen molar-refractivity contribution in [1.29, 1.82) is 0 Å². The Hall–Kier alpha value is -1.71. The number of methoxy groups -OCH3 is 1.